The number of nitrogens with zero attached hydrogens (tertiary/aromatic N) is 4. The highest BCUT2D eigenvalue weighted by atomic mass is 19.1. The van der Waals surface area contributed by atoms with Crippen molar-refractivity contribution >= 4 is 28.0 Å². The standard InChI is InChI=1S/C27H16F2N4O2/c28-17-6-9-22-24(11-17)32(14-30-22)19-7-8-20(16-4-2-1-3-5-16)23(13-19)33-15-31-26-21(27(34)35)10-18(29)12-25(26)33/h1-15H,(H,34,35). The summed E-state index contributed by atoms with van der Waals surface area (Å²) < 4.78 is 31.8. The fourth-order valence-electron chi connectivity index (χ4n) is 4.35. The van der Waals surface area contributed by atoms with Gasteiger partial charge in [0.15, 0.2) is 0 Å². The molecule has 2 heterocycles. The Kier molecular flexibility index (Phi) is 4.67. The van der Waals surface area contributed by atoms with Crippen LogP contribution in [0, 0.1) is 11.6 Å². The summed E-state index contributed by atoms with van der Waals surface area (Å²) in [6.45, 7) is 0. The highest BCUT2D eigenvalue weighted by Crippen LogP contribution is 2.33. The second kappa shape index (κ2) is 7.88. The van der Waals surface area contributed by atoms with Crippen molar-refractivity contribution in [3.63, 3.8) is 0 Å². The minimum atomic E-state index is -1.26. The van der Waals surface area contributed by atoms with Gasteiger partial charge < -0.3 is 5.11 Å². The molecule has 8 heteroatoms. The predicted octanol–water partition coefficient (Wildman–Crippen LogP) is 6.01. The fraction of sp³-hybridized carbons (Fsp3) is 0. The Morgan fingerprint density at radius 2 is 1.54 bits per heavy atom. The van der Waals surface area contributed by atoms with E-state index < -0.39 is 11.8 Å². The topological polar surface area (TPSA) is 72.9 Å². The third-order valence-electron chi connectivity index (χ3n) is 5.96. The van der Waals surface area contributed by atoms with Gasteiger partial charge in [0, 0.05) is 23.4 Å². The summed E-state index contributed by atoms with van der Waals surface area (Å²) in [5.74, 6) is -2.31. The number of fused-ring (bicyclic) bond motifs is 2. The van der Waals surface area contributed by atoms with Gasteiger partial charge in [-0.15, -0.1) is 0 Å². The van der Waals surface area contributed by atoms with Crippen molar-refractivity contribution in [2.24, 2.45) is 0 Å². The minimum Gasteiger partial charge on any atom is -0.478 e. The van der Waals surface area contributed by atoms with E-state index in [2.05, 4.69) is 9.97 Å². The number of hydrogen-bond acceptors (Lipinski definition) is 3. The zero-order chi connectivity index (χ0) is 24.1. The summed E-state index contributed by atoms with van der Waals surface area (Å²) in [4.78, 5) is 20.4. The summed E-state index contributed by atoms with van der Waals surface area (Å²) in [6.07, 6.45) is 3.09. The highest BCUT2D eigenvalue weighted by molar-refractivity contribution is 6.01. The van der Waals surface area contributed by atoms with E-state index in [1.165, 1.54) is 24.5 Å². The summed E-state index contributed by atoms with van der Waals surface area (Å²) in [5, 5.41) is 9.55. The number of hydrogen-bond donors (Lipinski definition) is 1. The summed E-state index contributed by atoms with van der Waals surface area (Å²) in [5.41, 5.74) is 4.60. The molecule has 6 rings (SSSR count). The van der Waals surface area contributed by atoms with Crippen molar-refractivity contribution in [3.05, 3.63) is 109 Å². The summed E-state index contributed by atoms with van der Waals surface area (Å²) in [6, 6.07) is 21.9. The molecule has 2 aromatic heterocycles. The molecule has 0 aliphatic rings. The Morgan fingerprint density at radius 3 is 2.34 bits per heavy atom. The Balaban J connectivity index is 1.64. The average molecular weight is 466 g/mol. The van der Waals surface area contributed by atoms with Crippen molar-refractivity contribution < 1.29 is 18.7 Å². The Hall–Kier alpha value is -4.85. The summed E-state index contributed by atoms with van der Waals surface area (Å²) in [7, 11) is 0. The van der Waals surface area contributed by atoms with Gasteiger partial charge in [0.2, 0.25) is 0 Å². The molecule has 6 aromatic rings. The maximum Gasteiger partial charge on any atom is 0.338 e. The maximum absolute atomic E-state index is 14.4. The largest absolute Gasteiger partial charge is 0.478 e. The summed E-state index contributed by atoms with van der Waals surface area (Å²) >= 11 is 0. The molecule has 0 radical (unpaired) electrons. The SMILES string of the molecule is O=C(O)c1cc(F)cc2c1ncn2-c1cc(-n2cnc3ccc(F)cc32)ccc1-c1ccccc1. The van der Waals surface area contributed by atoms with Crippen LogP contribution in [0.5, 0.6) is 0 Å². The zero-order valence-electron chi connectivity index (χ0n) is 18.1. The number of carboxylic acids is 1. The molecule has 0 aliphatic heterocycles. The fourth-order valence-corrected chi connectivity index (χ4v) is 4.35. The van der Waals surface area contributed by atoms with Crippen molar-refractivity contribution in [1.29, 1.82) is 0 Å². The number of carbonyl (C=O) groups is 1. The van der Waals surface area contributed by atoms with E-state index in [1.807, 2.05) is 48.5 Å². The van der Waals surface area contributed by atoms with E-state index in [0.717, 1.165) is 17.2 Å². The van der Waals surface area contributed by atoms with Gasteiger partial charge in [-0.25, -0.2) is 23.5 Å². The molecule has 0 amide bonds. The van der Waals surface area contributed by atoms with E-state index in [4.69, 9.17) is 0 Å². The molecule has 0 fully saturated rings. The van der Waals surface area contributed by atoms with Crippen LogP contribution in [0.3, 0.4) is 0 Å². The monoisotopic (exact) mass is 466 g/mol. The molecule has 0 unspecified atom stereocenters. The number of halogens is 2. The molecule has 170 valence electrons. The van der Waals surface area contributed by atoms with Gasteiger partial charge >= 0.3 is 5.97 Å². The molecule has 6 nitrogen and oxygen atoms in total. The van der Waals surface area contributed by atoms with Crippen LogP contribution in [0.15, 0.2) is 91.5 Å². The number of aromatic nitrogens is 4. The van der Waals surface area contributed by atoms with Crippen molar-refractivity contribution in [2.45, 2.75) is 0 Å². The van der Waals surface area contributed by atoms with Crippen LogP contribution in [0.1, 0.15) is 10.4 Å². The third-order valence-corrected chi connectivity index (χ3v) is 5.96. The van der Waals surface area contributed by atoms with Crippen LogP contribution in [-0.2, 0) is 0 Å². The van der Waals surface area contributed by atoms with E-state index in [9.17, 15) is 18.7 Å². The molecule has 35 heavy (non-hydrogen) atoms. The molecule has 0 saturated heterocycles. The number of aromatic carboxylic acids is 1. The van der Waals surface area contributed by atoms with Crippen LogP contribution < -0.4 is 0 Å². The van der Waals surface area contributed by atoms with Gasteiger partial charge in [-0.05, 0) is 35.9 Å². The molecular formula is C27H16F2N4O2. The molecular weight excluding hydrogens is 450 g/mol. The lowest BCUT2D eigenvalue weighted by Gasteiger charge is -2.15. The first kappa shape index (κ1) is 20.7. The average Bonchev–Trinajstić information content (AvgIpc) is 3.47. The van der Waals surface area contributed by atoms with Crippen molar-refractivity contribution in [3.8, 4) is 22.5 Å². The van der Waals surface area contributed by atoms with Crippen LogP contribution in [0.25, 0.3) is 44.6 Å². The number of benzene rings is 4. The number of carboxylic acid groups (broad SMARTS) is 1. The van der Waals surface area contributed by atoms with Crippen molar-refractivity contribution in [1.82, 2.24) is 19.1 Å². The lowest BCUT2D eigenvalue weighted by atomic mass is 10.0. The van der Waals surface area contributed by atoms with Gasteiger partial charge in [0.05, 0.1) is 27.8 Å². The second-order valence-electron chi connectivity index (χ2n) is 8.06. The quantitative estimate of drug-likeness (QED) is 0.345. The number of imidazole rings is 2. The minimum absolute atomic E-state index is 0.179. The molecule has 0 saturated carbocycles. The number of rotatable bonds is 4. The van der Waals surface area contributed by atoms with Gasteiger partial charge in [0.25, 0.3) is 0 Å². The van der Waals surface area contributed by atoms with Crippen LogP contribution in [-0.4, -0.2) is 30.2 Å². The molecule has 0 bridgehead atoms. The first-order valence-electron chi connectivity index (χ1n) is 10.7. The van der Waals surface area contributed by atoms with E-state index in [0.29, 0.717) is 27.9 Å². The van der Waals surface area contributed by atoms with Crippen LogP contribution >= 0.6 is 0 Å². The van der Waals surface area contributed by atoms with Gasteiger partial charge in [-0.2, -0.15) is 0 Å². The molecule has 0 spiro atoms. The van der Waals surface area contributed by atoms with E-state index in [-0.39, 0.29) is 16.9 Å². The third kappa shape index (κ3) is 3.43. The van der Waals surface area contributed by atoms with Crippen LogP contribution in [0.4, 0.5) is 8.78 Å². The first-order chi connectivity index (χ1) is 17.0. The zero-order valence-corrected chi connectivity index (χ0v) is 18.1. The molecule has 4 aromatic carbocycles. The van der Waals surface area contributed by atoms with E-state index >= 15 is 0 Å². The van der Waals surface area contributed by atoms with E-state index in [1.54, 1.807) is 21.5 Å². The van der Waals surface area contributed by atoms with Crippen LogP contribution in [0.2, 0.25) is 0 Å². The maximum atomic E-state index is 14.4. The molecule has 0 atom stereocenters. The van der Waals surface area contributed by atoms with Gasteiger partial charge in [-0.3, -0.25) is 9.13 Å². The Bertz CT molecular complexity index is 1760. The normalized spacial score (nSPS) is 11.4. The Labute approximate surface area is 197 Å². The highest BCUT2D eigenvalue weighted by Gasteiger charge is 2.19. The first-order valence-corrected chi connectivity index (χ1v) is 10.7. The molecule has 1 N–H and O–H groups in total. The predicted molar refractivity (Wildman–Crippen MR) is 128 cm³/mol. The van der Waals surface area contributed by atoms with Gasteiger partial charge in [0.1, 0.15) is 29.8 Å². The lowest BCUT2D eigenvalue weighted by Crippen LogP contribution is -2.02. The second-order valence-corrected chi connectivity index (χ2v) is 8.06. The van der Waals surface area contributed by atoms with Crippen molar-refractivity contribution in [2.75, 3.05) is 0 Å². The van der Waals surface area contributed by atoms with Gasteiger partial charge in [-0.1, -0.05) is 36.4 Å². The molecule has 0 aliphatic carbocycles. The smallest absolute Gasteiger partial charge is 0.338 e. The Morgan fingerprint density at radius 1 is 0.771 bits per heavy atom. The lowest BCUT2D eigenvalue weighted by molar-refractivity contribution is 0.0698.